The molecule has 0 unspecified atom stereocenters. The van der Waals surface area contributed by atoms with Crippen molar-refractivity contribution in [2.75, 3.05) is 56.1 Å². The van der Waals surface area contributed by atoms with Crippen LogP contribution in [-0.2, 0) is 14.3 Å². The second kappa shape index (κ2) is 8.64. The topological polar surface area (TPSA) is 135 Å². The summed E-state index contributed by atoms with van der Waals surface area (Å²) in [6.45, 7) is 2.16. The van der Waals surface area contributed by atoms with E-state index >= 15 is 0 Å². The van der Waals surface area contributed by atoms with Crippen molar-refractivity contribution in [1.82, 2.24) is 9.97 Å². The maximum Gasteiger partial charge on any atom is 0.258 e. The Morgan fingerprint density at radius 2 is 2.00 bits per heavy atom. The van der Waals surface area contributed by atoms with Crippen LogP contribution in [0.3, 0.4) is 0 Å². The van der Waals surface area contributed by atoms with E-state index in [9.17, 15) is 14.4 Å². The monoisotopic (exact) mass is 429 g/mol. The average Bonchev–Trinajstić information content (AvgIpc) is 2.78. The van der Waals surface area contributed by atoms with Crippen LogP contribution in [0.2, 0.25) is 0 Å². The molecule has 0 bridgehead atoms. The van der Waals surface area contributed by atoms with Gasteiger partial charge in [0.15, 0.2) is 0 Å². The maximum atomic E-state index is 13.1. The summed E-state index contributed by atoms with van der Waals surface area (Å²) in [6, 6.07) is 4.92. The standard InChI is InChI=1S/C20H23N5O6/c1-29-11-3-4-13(14(9-11)30-2)21-18(27)12-10-15(26)22-17-16(12)19(28)24-20(23-17)25-5-7-31-8-6-25/h3-4,9,12H,5-8,10H2,1-2H3,(H,21,27)(H2,22,23,24,26,28)/t12-/m0/s1. The number of nitrogens with zero attached hydrogens (tertiary/aromatic N) is 2. The zero-order valence-electron chi connectivity index (χ0n) is 17.2. The molecule has 0 spiro atoms. The van der Waals surface area contributed by atoms with E-state index in [2.05, 4.69) is 20.6 Å². The van der Waals surface area contributed by atoms with E-state index in [1.807, 2.05) is 4.90 Å². The van der Waals surface area contributed by atoms with Gasteiger partial charge in [-0.15, -0.1) is 0 Å². The Hall–Kier alpha value is -3.60. The van der Waals surface area contributed by atoms with Gasteiger partial charge in [0.05, 0.1) is 44.6 Å². The molecular weight excluding hydrogens is 406 g/mol. The number of H-pyrrole nitrogens is 1. The highest BCUT2D eigenvalue weighted by molar-refractivity contribution is 6.05. The van der Waals surface area contributed by atoms with Crippen LogP contribution in [-0.4, -0.2) is 62.3 Å². The summed E-state index contributed by atoms with van der Waals surface area (Å²) in [7, 11) is 2.99. The van der Waals surface area contributed by atoms with E-state index in [1.54, 1.807) is 18.2 Å². The fourth-order valence-corrected chi connectivity index (χ4v) is 3.63. The number of carbonyl (C=O) groups is 2. The van der Waals surface area contributed by atoms with E-state index in [4.69, 9.17) is 14.2 Å². The molecule has 1 aromatic carbocycles. The lowest BCUT2D eigenvalue weighted by Gasteiger charge is -2.29. The van der Waals surface area contributed by atoms with Gasteiger partial charge in [0.25, 0.3) is 5.56 Å². The molecule has 0 saturated carbocycles. The molecule has 3 heterocycles. The summed E-state index contributed by atoms with van der Waals surface area (Å²) in [5, 5.41) is 5.36. The largest absolute Gasteiger partial charge is 0.497 e. The van der Waals surface area contributed by atoms with E-state index in [1.165, 1.54) is 14.2 Å². The fourth-order valence-electron chi connectivity index (χ4n) is 3.63. The molecule has 11 heteroatoms. The Kier molecular flexibility index (Phi) is 5.76. The quantitative estimate of drug-likeness (QED) is 0.632. The fraction of sp³-hybridized carbons (Fsp3) is 0.400. The first-order chi connectivity index (χ1) is 15.0. The van der Waals surface area contributed by atoms with Gasteiger partial charge in [0.2, 0.25) is 17.8 Å². The van der Waals surface area contributed by atoms with Crippen LogP contribution < -0.4 is 30.6 Å². The number of anilines is 3. The molecule has 2 aliphatic rings. The predicted molar refractivity (Wildman–Crippen MR) is 112 cm³/mol. The first-order valence-electron chi connectivity index (χ1n) is 9.79. The number of hydrogen-bond donors (Lipinski definition) is 3. The molecule has 3 N–H and O–H groups in total. The second-order valence-corrected chi connectivity index (χ2v) is 7.11. The predicted octanol–water partition coefficient (Wildman–Crippen LogP) is 0.688. The van der Waals surface area contributed by atoms with Crippen LogP contribution >= 0.6 is 0 Å². The Morgan fingerprint density at radius 3 is 2.71 bits per heavy atom. The number of amides is 2. The SMILES string of the molecule is COc1ccc(NC(=O)[C@H]2CC(=O)Nc3nc(N4CCOCC4)[nH]c(=O)c32)c(OC)c1. The molecule has 1 fully saturated rings. The molecule has 2 aromatic rings. The summed E-state index contributed by atoms with van der Waals surface area (Å²) in [5.74, 6) is -0.498. The zero-order chi connectivity index (χ0) is 22.0. The third-order valence-corrected chi connectivity index (χ3v) is 5.23. The lowest BCUT2D eigenvalue weighted by Crippen LogP contribution is -2.41. The molecule has 164 valence electrons. The van der Waals surface area contributed by atoms with Gasteiger partial charge in [0, 0.05) is 25.6 Å². The molecule has 0 radical (unpaired) electrons. The summed E-state index contributed by atoms with van der Waals surface area (Å²) >= 11 is 0. The Labute approximate surface area is 177 Å². The van der Waals surface area contributed by atoms with Crippen molar-refractivity contribution in [3.63, 3.8) is 0 Å². The van der Waals surface area contributed by atoms with Gasteiger partial charge < -0.3 is 29.7 Å². The molecule has 2 amide bonds. The van der Waals surface area contributed by atoms with Gasteiger partial charge in [-0.2, -0.15) is 4.98 Å². The smallest absolute Gasteiger partial charge is 0.258 e. The van der Waals surface area contributed by atoms with Gasteiger partial charge in [-0.3, -0.25) is 19.4 Å². The highest BCUT2D eigenvalue weighted by Gasteiger charge is 2.35. The molecule has 0 aliphatic carbocycles. The number of aromatic amines is 1. The summed E-state index contributed by atoms with van der Waals surface area (Å²) in [6.07, 6.45) is -0.168. The molecule has 1 atom stereocenters. The molecular formula is C20H23N5O6. The van der Waals surface area contributed by atoms with Crippen molar-refractivity contribution in [1.29, 1.82) is 0 Å². The number of hydrogen-bond acceptors (Lipinski definition) is 8. The van der Waals surface area contributed by atoms with E-state index in [0.717, 1.165) is 0 Å². The molecule has 11 nitrogen and oxygen atoms in total. The lowest BCUT2D eigenvalue weighted by molar-refractivity contribution is -0.123. The van der Waals surface area contributed by atoms with Crippen molar-refractivity contribution >= 4 is 29.3 Å². The number of ether oxygens (including phenoxy) is 3. The minimum atomic E-state index is -0.995. The second-order valence-electron chi connectivity index (χ2n) is 7.11. The van der Waals surface area contributed by atoms with Gasteiger partial charge in [-0.1, -0.05) is 0 Å². The summed E-state index contributed by atoms with van der Waals surface area (Å²) in [5.41, 5.74) is 0.0603. The molecule has 31 heavy (non-hydrogen) atoms. The van der Waals surface area contributed by atoms with Crippen molar-refractivity contribution < 1.29 is 23.8 Å². The Bertz CT molecular complexity index is 1060. The number of morpholine rings is 1. The van der Waals surface area contributed by atoms with Gasteiger partial charge in [0.1, 0.15) is 17.3 Å². The third-order valence-electron chi connectivity index (χ3n) is 5.23. The van der Waals surface area contributed by atoms with Crippen LogP contribution in [0, 0.1) is 0 Å². The Morgan fingerprint density at radius 1 is 1.23 bits per heavy atom. The van der Waals surface area contributed by atoms with E-state index in [0.29, 0.717) is 49.4 Å². The van der Waals surface area contributed by atoms with Crippen molar-refractivity contribution in [2.24, 2.45) is 0 Å². The lowest BCUT2D eigenvalue weighted by atomic mass is 9.92. The average molecular weight is 429 g/mol. The molecule has 1 aromatic heterocycles. The summed E-state index contributed by atoms with van der Waals surface area (Å²) < 4.78 is 15.8. The number of nitrogens with one attached hydrogen (secondary N) is 3. The van der Waals surface area contributed by atoms with E-state index < -0.39 is 17.4 Å². The Balaban J connectivity index is 1.64. The van der Waals surface area contributed by atoms with Crippen LogP contribution in [0.25, 0.3) is 0 Å². The highest BCUT2D eigenvalue weighted by Crippen LogP contribution is 2.33. The minimum absolute atomic E-state index is 0.100. The number of benzene rings is 1. The number of rotatable bonds is 5. The first kappa shape index (κ1) is 20.7. The highest BCUT2D eigenvalue weighted by atomic mass is 16.5. The minimum Gasteiger partial charge on any atom is -0.497 e. The van der Waals surface area contributed by atoms with Gasteiger partial charge in [-0.05, 0) is 12.1 Å². The number of aromatic nitrogens is 2. The zero-order valence-corrected chi connectivity index (χ0v) is 17.2. The van der Waals surface area contributed by atoms with Crippen molar-refractivity contribution in [3.8, 4) is 11.5 Å². The van der Waals surface area contributed by atoms with E-state index in [-0.39, 0.29) is 23.7 Å². The molecule has 4 rings (SSSR count). The van der Waals surface area contributed by atoms with Gasteiger partial charge >= 0.3 is 0 Å². The van der Waals surface area contributed by atoms with Crippen LogP contribution in [0.4, 0.5) is 17.5 Å². The number of methoxy groups -OCH3 is 2. The number of carbonyl (C=O) groups excluding carboxylic acids is 2. The third kappa shape index (κ3) is 4.17. The van der Waals surface area contributed by atoms with Crippen molar-refractivity contribution in [3.05, 3.63) is 34.1 Å². The van der Waals surface area contributed by atoms with Crippen LogP contribution in [0.15, 0.2) is 23.0 Å². The molecule has 2 aliphatic heterocycles. The molecule has 1 saturated heterocycles. The van der Waals surface area contributed by atoms with Crippen molar-refractivity contribution in [2.45, 2.75) is 12.3 Å². The van der Waals surface area contributed by atoms with Gasteiger partial charge in [-0.25, -0.2) is 0 Å². The van der Waals surface area contributed by atoms with Crippen LogP contribution in [0.5, 0.6) is 11.5 Å². The number of fused-ring (bicyclic) bond motifs is 1. The maximum absolute atomic E-state index is 13.1. The summed E-state index contributed by atoms with van der Waals surface area (Å²) in [4.78, 5) is 47.2. The first-order valence-corrected chi connectivity index (χ1v) is 9.79. The normalized spacial score (nSPS) is 18.1. The van der Waals surface area contributed by atoms with Crippen LogP contribution in [0.1, 0.15) is 17.9 Å².